The van der Waals surface area contributed by atoms with Gasteiger partial charge in [0.2, 0.25) is 17.7 Å². The van der Waals surface area contributed by atoms with E-state index in [4.69, 9.17) is 0 Å². The van der Waals surface area contributed by atoms with Gasteiger partial charge < -0.3 is 40.3 Å². The number of sulfone groups is 1. The molecule has 57 heavy (non-hydrogen) atoms. The Hall–Kier alpha value is -4.58. The summed E-state index contributed by atoms with van der Waals surface area (Å²) in [6, 6.07) is 2.52. The van der Waals surface area contributed by atoms with Crippen LogP contribution < -0.4 is 45.3 Å². The molecule has 0 spiro atoms. The number of imide groups is 1. The number of carbonyl (C=O) groups is 8. The van der Waals surface area contributed by atoms with E-state index in [9.17, 15) is 57.0 Å². The van der Waals surface area contributed by atoms with E-state index in [0.29, 0.717) is 12.1 Å². The number of hydrogen-bond donors (Lipinski definition) is 3. The van der Waals surface area contributed by atoms with Gasteiger partial charge in [0, 0.05) is 30.6 Å². The molecule has 3 N–H and O–H groups in total. The zero-order valence-corrected chi connectivity index (χ0v) is 35.1. The molecule has 2 aromatic rings. The van der Waals surface area contributed by atoms with Crippen LogP contribution in [0.2, 0.25) is 0 Å². The van der Waals surface area contributed by atoms with E-state index in [2.05, 4.69) is 20.9 Å². The number of nitrogens with zero attached hydrogens (tertiary/aromatic N) is 7. The van der Waals surface area contributed by atoms with Crippen LogP contribution in [0.25, 0.3) is 0 Å². The van der Waals surface area contributed by atoms with E-state index >= 15 is 0 Å². The van der Waals surface area contributed by atoms with Crippen LogP contribution in [-0.2, 0) is 49.9 Å². The van der Waals surface area contributed by atoms with Gasteiger partial charge in [-0.05, 0) is 33.3 Å². The van der Waals surface area contributed by atoms with Gasteiger partial charge in [-0.2, -0.15) is 0 Å². The van der Waals surface area contributed by atoms with Crippen molar-refractivity contribution < 1.29 is 86.5 Å². The number of piperazine rings is 1. The van der Waals surface area contributed by atoms with Crippen molar-refractivity contribution >= 4 is 69.1 Å². The van der Waals surface area contributed by atoms with Crippen LogP contribution in [0.3, 0.4) is 0 Å². The number of nitrogens with one attached hydrogen (secondary N) is 2. The number of carbonyl (C=O) groups excluding carboxylic acids is 7. The number of thioether (sulfide) groups is 1. The molecular weight excluding hydrogens is 802 g/mol. The second-order valence-corrected chi connectivity index (χ2v) is 18.7. The number of β-lactam (4-membered cyclic amide) rings is 2. The van der Waals surface area contributed by atoms with Crippen molar-refractivity contribution in [2.24, 2.45) is 0 Å². The summed E-state index contributed by atoms with van der Waals surface area (Å²) in [5, 5.41) is 31.7. The fourth-order valence-electron chi connectivity index (χ4n) is 7.61. The predicted octanol–water partition coefficient (Wildman–Crippen LogP) is -6.09. The van der Waals surface area contributed by atoms with Crippen molar-refractivity contribution in [1.29, 1.82) is 0 Å². The maximum absolute atomic E-state index is 13.3. The number of aromatic nitrogens is 3. The van der Waals surface area contributed by atoms with Crippen molar-refractivity contribution in [3.05, 3.63) is 48.3 Å². The van der Waals surface area contributed by atoms with Gasteiger partial charge in [0.05, 0.1) is 31.2 Å². The topological polar surface area (TPSA) is 282 Å². The smallest absolute Gasteiger partial charge is 0.548 e. The van der Waals surface area contributed by atoms with Crippen LogP contribution in [0.5, 0.6) is 0 Å². The summed E-state index contributed by atoms with van der Waals surface area (Å²) in [5.74, 6) is -6.22. The maximum Gasteiger partial charge on any atom is 1.00 e. The number of hydrogen-bond acceptors (Lipinski definition) is 14. The van der Waals surface area contributed by atoms with Crippen molar-refractivity contribution in [3.8, 4) is 0 Å². The van der Waals surface area contributed by atoms with Crippen LogP contribution in [0.1, 0.15) is 45.7 Å². The summed E-state index contributed by atoms with van der Waals surface area (Å²) >= 11 is 1.24. The summed E-state index contributed by atoms with van der Waals surface area (Å²) in [4.78, 5) is 103. The number of carboxylic acids is 2. The maximum atomic E-state index is 13.3. The van der Waals surface area contributed by atoms with Gasteiger partial charge in [-0.3, -0.25) is 33.6 Å². The summed E-state index contributed by atoms with van der Waals surface area (Å²) in [6.07, 6.45) is 2.68. The summed E-state index contributed by atoms with van der Waals surface area (Å²) in [7, 11) is -3.80. The van der Waals surface area contributed by atoms with Gasteiger partial charge >= 0.3 is 53.4 Å². The molecule has 7 amide bonds. The minimum absolute atomic E-state index is 0. The SMILES string of the molecule is CCN1CCN(C(=O)N[C@@H](C(=O)N[C@@H]2C(=O)N3[C@@H]2SC(C)(C)[C@@H]3C(=O)[O-])c2ccccc2)C(=O)C1=O.C[C@]1(Cn2ccnn2)[C@H](C(=O)O)N2C(=O)C[C@H]2S1(=O)=O.[Na+]. The standard InChI is InChI=1S/C23H27N5O7S.C10H12N4O5S.Na/c1-4-26-10-11-27(19(32)18(26)31)22(35)25-13(12-8-6-5-7-9-12)16(29)24-14-17(30)28-15(21(33)34)23(2,3)36-20(14)28;1-10(5-13-3-2-11-12-13)8(9(16)17)14-6(15)4-7(14)20(10,18)19;/h5-9,13-15,20H,4,10-11H2,1-3H3,(H,24,29)(H,25,35)(H,33,34);2-3,7-8H,4-5H2,1H3,(H,16,17);/q;;+1/p-1/t13-,14-,15+,20-;7-,8+,10+;/m11./s1. The molecular formula is C33H38N9NaO12S2. The van der Waals surface area contributed by atoms with Crippen molar-refractivity contribution in [1.82, 2.24) is 45.2 Å². The molecule has 21 nitrogen and oxygen atoms in total. The molecule has 5 saturated heterocycles. The molecule has 300 valence electrons. The monoisotopic (exact) mass is 839 g/mol. The number of aliphatic carboxylic acids is 2. The minimum atomic E-state index is -3.80. The first-order valence-corrected chi connectivity index (χ1v) is 19.8. The first-order valence-electron chi connectivity index (χ1n) is 17.4. The molecule has 0 saturated carbocycles. The van der Waals surface area contributed by atoms with Crippen molar-refractivity contribution in [2.45, 2.75) is 85.1 Å². The van der Waals surface area contributed by atoms with Gasteiger partial charge in [-0.25, -0.2) is 18.0 Å². The first-order chi connectivity index (χ1) is 26.3. The average Bonchev–Trinajstić information content (AvgIpc) is 3.78. The molecule has 0 aliphatic carbocycles. The Morgan fingerprint density at radius 2 is 1.68 bits per heavy atom. The molecule has 0 unspecified atom stereocenters. The Morgan fingerprint density at radius 3 is 2.25 bits per heavy atom. The molecule has 1 aromatic heterocycles. The van der Waals surface area contributed by atoms with Crippen LogP contribution in [0.15, 0.2) is 42.7 Å². The van der Waals surface area contributed by atoms with Crippen molar-refractivity contribution in [3.63, 3.8) is 0 Å². The van der Waals surface area contributed by atoms with Crippen LogP contribution >= 0.6 is 11.8 Å². The van der Waals surface area contributed by atoms with Gasteiger partial charge in [0.1, 0.15) is 27.6 Å². The molecule has 7 rings (SSSR count). The number of amides is 7. The average molecular weight is 840 g/mol. The van der Waals surface area contributed by atoms with Gasteiger partial charge in [0.15, 0.2) is 15.9 Å². The van der Waals surface area contributed by atoms with Crippen LogP contribution in [-0.4, -0.2) is 154 Å². The third-order valence-electron chi connectivity index (χ3n) is 10.6. The minimum Gasteiger partial charge on any atom is -0.548 e. The van der Waals surface area contributed by atoms with Crippen LogP contribution in [0.4, 0.5) is 4.79 Å². The van der Waals surface area contributed by atoms with E-state index < -0.39 is 102 Å². The number of likely N-dealkylation sites (N-methyl/N-ethyl adjacent to an activating group) is 1. The molecule has 24 heteroatoms. The van der Waals surface area contributed by atoms with E-state index in [0.717, 1.165) is 9.80 Å². The van der Waals surface area contributed by atoms with E-state index in [1.807, 2.05) is 0 Å². The van der Waals surface area contributed by atoms with Crippen LogP contribution in [0, 0.1) is 0 Å². The molecule has 5 aliphatic rings. The fraction of sp³-hybridized carbons (Fsp3) is 0.515. The third kappa shape index (κ3) is 7.38. The first kappa shape index (κ1) is 43.5. The number of benzene rings is 1. The quantitative estimate of drug-likeness (QED) is 0.120. The number of fused-ring (bicyclic) bond motifs is 2. The second kappa shape index (κ2) is 16.0. The molecule has 6 heterocycles. The van der Waals surface area contributed by atoms with E-state index in [1.54, 1.807) is 51.1 Å². The largest absolute Gasteiger partial charge is 1.00 e. The Balaban J connectivity index is 0.000000249. The van der Waals surface area contributed by atoms with E-state index in [-0.39, 0.29) is 55.6 Å². The van der Waals surface area contributed by atoms with E-state index in [1.165, 1.54) is 45.6 Å². The molecule has 5 aliphatic heterocycles. The normalized spacial score (nSPS) is 28.4. The van der Waals surface area contributed by atoms with Gasteiger partial charge in [-0.15, -0.1) is 16.9 Å². The molecule has 7 atom stereocenters. The molecule has 1 aromatic carbocycles. The second-order valence-electron chi connectivity index (χ2n) is 14.4. The zero-order chi connectivity index (χ0) is 41.1. The Labute approximate surface area is 352 Å². The number of urea groups is 1. The predicted molar refractivity (Wildman–Crippen MR) is 189 cm³/mol. The third-order valence-corrected chi connectivity index (χ3v) is 14.9. The van der Waals surface area contributed by atoms with Crippen molar-refractivity contribution in [2.75, 3.05) is 19.6 Å². The molecule has 0 radical (unpaired) electrons. The molecule has 5 fully saturated rings. The summed E-state index contributed by atoms with van der Waals surface area (Å²) in [5.41, 5.74) is 0.393. The Kier molecular flexibility index (Phi) is 12.2. The Bertz CT molecular complexity index is 2110. The van der Waals surface area contributed by atoms with Gasteiger partial charge in [-0.1, -0.05) is 35.5 Å². The molecule has 0 bridgehead atoms. The van der Waals surface area contributed by atoms with Gasteiger partial charge in [0.25, 0.3) is 0 Å². The number of rotatable bonds is 9. The summed E-state index contributed by atoms with van der Waals surface area (Å²) in [6.45, 7) is 6.76. The number of carboxylic acid groups (broad SMARTS) is 2. The summed E-state index contributed by atoms with van der Waals surface area (Å²) < 4.78 is 23.9. The zero-order valence-electron chi connectivity index (χ0n) is 31.4. The fourth-order valence-corrected chi connectivity index (χ4v) is 11.6. The Morgan fingerprint density at radius 1 is 1.02 bits per heavy atom.